The van der Waals surface area contributed by atoms with Crippen molar-refractivity contribution in [1.82, 2.24) is 0 Å². The maximum atomic E-state index is 9.80. The Morgan fingerprint density at radius 1 is 1.38 bits per heavy atom. The van der Waals surface area contributed by atoms with Gasteiger partial charge in [-0.2, -0.15) is 0 Å². The number of ether oxygens (including phenoxy) is 1. The van der Waals surface area contributed by atoms with Gasteiger partial charge in [0, 0.05) is 12.1 Å². The van der Waals surface area contributed by atoms with E-state index >= 15 is 0 Å². The maximum absolute atomic E-state index is 9.80. The monoisotopic (exact) mass is 223 g/mol. The van der Waals surface area contributed by atoms with Gasteiger partial charge in [-0.25, -0.2) is 0 Å². The largest absolute Gasteiger partial charge is 0.508 e. The third-order valence-corrected chi connectivity index (χ3v) is 2.54. The van der Waals surface area contributed by atoms with Gasteiger partial charge in [0.15, 0.2) is 0 Å². The molecule has 0 aromatic heterocycles. The molecule has 3 heteroatoms. The highest BCUT2D eigenvalue weighted by molar-refractivity contribution is 5.40. The molecule has 1 aromatic carbocycles. The van der Waals surface area contributed by atoms with Gasteiger partial charge in [0.25, 0.3) is 0 Å². The molecule has 0 heterocycles. The Labute approximate surface area is 97.2 Å². The van der Waals surface area contributed by atoms with E-state index in [2.05, 4.69) is 6.92 Å². The highest BCUT2D eigenvalue weighted by Crippen LogP contribution is 2.24. The Kier molecular flexibility index (Phi) is 5.12. The lowest BCUT2D eigenvalue weighted by atomic mass is 10.0. The predicted octanol–water partition coefficient (Wildman–Crippen LogP) is 2.46. The molecule has 90 valence electrons. The summed E-state index contributed by atoms with van der Waals surface area (Å²) in [5, 5.41) is 9.80. The summed E-state index contributed by atoms with van der Waals surface area (Å²) in [5.74, 6) is 0.991. The van der Waals surface area contributed by atoms with Crippen molar-refractivity contribution in [2.45, 2.75) is 39.2 Å². The molecule has 0 amide bonds. The van der Waals surface area contributed by atoms with Crippen molar-refractivity contribution < 1.29 is 9.84 Å². The highest BCUT2D eigenvalue weighted by atomic mass is 16.5. The summed E-state index contributed by atoms with van der Waals surface area (Å²) < 4.78 is 5.43. The number of benzene rings is 1. The summed E-state index contributed by atoms with van der Waals surface area (Å²) in [6.45, 7) is 4.77. The van der Waals surface area contributed by atoms with Crippen LogP contribution in [-0.4, -0.2) is 17.8 Å². The average Bonchev–Trinajstić information content (AvgIpc) is 2.29. The molecule has 0 aliphatic rings. The second-order valence-electron chi connectivity index (χ2n) is 4.01. The standard InChI is InChI=1S/C13H21NO2/c1-3-7-16-12-6-5-10(13(15)9-12)8-11(14)4-2/h5-6,9,11,15H,3-4,7-8,14H2,1-2H3. The summed E-state index contributed by atoms with van der Waals surface area (Å²) in [6.07, 6.45) is 2.58. The number of phenols is 1. The Hall–Kier alpha value is -1.22. The summed E-state index contributed by atoms with van der Waals surface area (Å²) in [5.41, 5.74) is 6.74. The lowest BCUT2D eigenvalue weighted by molar-refractivity contribution is 0.315. The van der Waals surface area contributed by atoms with Crippen molar-refractivity contribution in [2.24, 2.45) is 5.73 Å². The lowest BCUT2D eigenvalue weighted by Gasteiger charge is -2.11. The number of aromatic hydroxyl groups is 1. The Morgan fingerprint density at radius 3 is 2.69 bits per heavy atom. The number of nitrogens with two attached hydrogens (primary N) is 1. The summed E-state index contributed by atoms with van der Waals surface area (Å²) in [7, 11) is 0. The van der Waals surface area contributed by atoms with Crippen molar-refractivity contribution in [2.75, 3.05) is 6.61 Å². The number of hydrogen-bond acceptors (Lipinski definition) is 3. The van der Waals surface area contributed by atoms with Crippen molar-refractivity contribution >= 4 is 0 Å². The van der Waals surface area contributed by atoms with Crippen LogP contribution in [0.4, 0.5) is 0 Å². The number of rotatable bonds is 6. The molecule has 0 radical (unpaired) electrons. The molecule has 1 unspecified atom stereocenters. The van der Waals surface area contributed by atoms with E-state index in [4.69, 9.17) is 10.5 Å². The minimum atomic E-state index is 0.105. The van der Waals surface area contributed by atoms with Crippen LogP contribution in [0.15, 0.2) is 18.2 Å². The van der Waals surface area contributed by atoms with E-state index in [1.807, 2.05) is 19.1 Å². The second kappa shape index (κ2) is 6.38. The van der Waals surface area contributed by atoms with E-state index in [0.29, 0.717) is 18.8 Å². The molecule has 0 saturated heterocycles. The fourth-order valence-corrected chi connectivity index (χ4v) is 1.45. The summed E-state index contributed by atoms with van der Waals surface area (Å²) in [4.78, 5) is 0. The normalized spacial score (nSPS) is 12.4. The van der Waals surface area contributed by atoms with Gasteiger partial charge in [-0.15, -0.1) is 0 Å². The molecule has 0 aliphatic carbocycles. The van der Waals surface area contributed by atoms with Gasteiger partial charge in [-0.1, -0.05) is 19.9 Å². The van der Waals surface area contributed by atoms with E-state index in [0.717, 1.165) is 18.4 Å². The van der Waals surface area contributed by atoms with Crippen molar-refractivity contribution in [3.8, 4) is 11.5 Å². The Bertz CT molecular complexity index is 326. The van der Waals surface area contributed by atoms with Crippen LogP contribution in [0.3, 0.4) is 0 Å². The molecule has 0 aliphatic heterocycles. The molecular formula is C13H21NO2. The van der Waals surface area contributed by atoms with Crippen LogP contribution >= 0.6 is 0 Å². The van der Waals surface area contributed by atoms with E-state index in [-0.39, 0.29) is 11.8 Å². The molecule has 0 fully saturated rings. The van der Waals surface area contributed by atoms with Gasteiger partial charge in [0.2, 0.25) is 0 Å². The molecule has 1 aromatic rings. The van der Waals surface area contributed by atoms with Crippen molar-refractivity contribution in [3.63, 3.8) is 0 Å². The predicted molar refractivity (Wildman–Crippen MR) is 65.9 cm³/mol. The van der Waals surface area contributed by atoms with E-state index in [1.54, 1.807) is 6.07 Å². The fraction of sp³-hybridized carbons (Fsp3) is 0.538. The minimum absolute atomic E-state index is 0.105. The molecule has 0 bridgehead atoms. The molecule has 0 spiro atoms. The minimum Gasteiger partial charge on any atom is -0.508 e. The zero-order chi connectivity index (χ0) is 12.0. The SMILES string of the molecule is CCCOc1ccc(CC(N)CC)c(O)c1. The highest BCUT2D eigenvalue weighted by Gasteiger charge is 2.07. The average molecular weight is 223 g/mol. The van der Waals surface area contributed by atoms with Crippen molar-refractivity contribution in [1.29, 1.82) is 0 Å². The quantitative estimate of drug-likeness (QED) is 0.779. The van der Waals surface area contributed by atoms with Gasteiger partial charge < -0.3 is 15.6 Å². The Morgan fingerprint density at radius 2 is 2.12 bits per heavy atom. The Balaban J connectivity index is 2.67. The van der Waals surface area contributed by atoms with Crippen LogP contribution in [0.5, 0.6) is 11.5 Å². The van der Waals surface area contributed by atoms with Crippen LogP contribution < -0.4 is 10.5 Å². The van der Waals surface area contributed by atoms with Gasteiger partial charge >= 0.3 is 0 Å². The summed E-state index contributed by atoms with van der Waals surface area (Å²) in [6, 6.07) is 5.53. The number of phenolic OH excluding ortho intramolecular Hbond substituents is 1. The molecule has 1 rings (SSSR count). The first kappa shape index (κ1) is 12.8. The smallest absolute Gasteiger partial charge is 0.122 e. The second-order valence-corrected chi connectivity index (χ2v) is 4.01. The number of hydrogen-bond donors (Lipinski definition) is 2. The van der Waals surface area contributed by atoms with Gasteiger partial charge in [-0.3, -0.25) is 0 Å². The van der Waals surface area contributed by atoms with Gasteiger partial charge in [-0.05, 0) is 30.9 Å². The van der Waals surface area contributed by atoms with Crippen LogP contribution in [0.1, 0.15) is 32.3 Å². The first-order chi connectivity index (χ1) is 7.67. The fourth-order valence-electron chi connectivity index (χ4n) is 1.45. The van der Waals surface area contributed by atoms with Crippen LogP contribution in [0, 0.1) is 0 Å². The first-order valence-corrected chi connectivity index (χ1v) is 5.87. The van der Waals surface area contributed by atoms with Crippen LogP contribution in [0.2, 0.25) is 0 Å². The third-order valence-electron chi connectivity index (χ3n) is 2.54. The molecule has 1 atom stereocenters. The molecular weight excluding hydrogens is 202 g/mol. The van der Waals surface area contributed by atoms with E-state index < -0.39 is 0 Å². The topological polar surface area (TPSA) is 55.5 Å². The zero-order valence-electron chi connectivity index (χ0n) is 10.1. The first-order valence-electron chi connectivity index (χ1n) is 5.87. The van der Waals surface area contributed by atoms with Crippen molar-refractivity contribution in [3.05, 3.63) is 23.8 Å². The molecule has 16 heavy (non-hydrogen) atoms. The van der Waals surface area contributed by atoms with Crippen LogP contribution in [-0.2, 0) is 6.42 Å². The lowest BCUT2D eigenvalue weighted by Crippen LogP contribution is -2.21. The summed E-state index contributed by atoms with van der Waals surface area (Å²) >= 11 is 0. The third kappa shape index (κ3) is 3.74. The zero-order valence-corrected chi connectivity index (χ0v) is 10.1. The van der Waals surface area contributed by atoms with E-state index in [9.17, 15) is 5.11 Å². The molecule has 0 saturated carbocycles. The van der Waals surface area contributed by atoms with Gasteiger partial charge in [0.05, 0.1) is 6.61 Å². The van der Waals surface area contributed by atoms with E-state index in [1.165, 1.54) is 0 Å². The molecule has 3 nitrogen and oxygen atoms in total. The molecule has 3 N–H and O–H groups in total. The maximum Gasteiger partial charge on any atom is 0.122 e. The van der Waals surface area contributed by atoms with Crippen LogP contribution in [0.25, 0.3) is 0 Å². The van der Waals surface area contributed by atoms with Gasteiger partial charge in [0.1, 0.15) is 11.5 Å².